The topological polar surface area (TPSA) is 72.2 Å². The van der Waals surface area contributed by atoms with Crippen LogP contribution in [-0.2, 0) is 16.6 Å². The summed E-state index contributed by atoms with van der Waals surface area (Å²) in [6.07, 6.45) is 3.45. The van der Waals surface area contributed by atoms with Gasteiger partial charge in [0.25, 0.3) is 0 Å². The van der Waals surface area contributed by atoms with E-state index in [0.29, 0.717) is 23.5 Å². The van der Waals surface area contributed by atoms with Crippen LogP contribution in [0.15, 0.2) is 27.6 Å². The highest BCUT2D eigenvalue weighted by Crippen LogP contribution is 2.27. The molecule has 1 aliphatic carbocycles. The fraction of sp³-hybridized carbons (Fsp3) is 0.500. The summed E-state index contributed by atoms with van der Waals surface area (Å²) in [5.74, 6) is 0.502. The molecule has 0 heterocycles. The summed E-state index contributed by atoms with van der Waals surface area (Å²) in [5, 5.41) is 0. The summed E-state index contributed by atoms with van der Waals surface area (Å²) >= 11 is 3.29. The lowest BCUT2D eigenvalue weighted by atomic mass is 9.86. The second-order valence-electron chi connectivity index (χ2n) is 4.62. The zero-order chi connectivity index (χ0) is 13.2. The molecule has 4 nitrogen and oxygen atoms in total. The Labute approximate surface area is 116 Å². The van der Waals surface area contributed by atoms with E-state index in [1.165, 1.54) is 6.42 Å². The third-order valence-electron chi connectivity index (χ3n) is 3.31. The van der Waals surface area contributed by atoms with E-state index in [0.717, 1.165) is 18.4 Å². The van der Waals surface area contributed by atoms with Crippen LogP contribution in [0.5, 0.6) is 0 Å². The minimum atomic E-state index is -3.42. The molecule has 0 aromatic heterocycles. The number of benzene rings is 1. The van der Waals surface area contributed by atoms with Gasteiger partial charge < -0.3 is 5.73 Å². The van der Waals surface area contributed by atoms with Crippen LogP contribution in [-0.4, -0.2) is 15.0 Å². The van der Waals surface area contributed by atoms with Crippen LogP contribution in [0, 0.1) is 5.92 Å². The average Bonchev–Trinajstić information content (AvgIpc) is 2.26. The molecule has 0 bridgehead atoms. The van der Waals surface area contributed by atoms with E-state index in [9.17, 15) is 8.42 Å². The Morgan fingerprint density at radius 1 is 1.39 bits per heavy atom. The lowest BCUT2D eigenvalue weighted by Gasteiger charge is -2.25. The average molecular weight is 333 g/mol. The molecule has 0 aliphatic heterocycles. The quantitative estimate of drug-likeness (QED) is 0.866. The zero-order valence-corrected chi connectivity index (χ0v) is 12.4. The summed E-state index contributed by atoms with van der Waals surface area (Å²) < 4.78 is 27.5. The number of rotatable bonds is 5. The first kappa shape index (κ1) is 14.0. The van der Waals surface area contributed by atoms with Gasteiger partial charge in [0.05, 0.1) is 4.90 Å². The van der Waals surface area contributed by atoms with E-state index in [1.54, 1.807) is 18.2 Å². The van der Waals surface area contributed by atoms with Crippen LogP contribution < -0.4 is 10.5 Å². The molecule has 1 aromatic rings. The van der Waals surface area contributed by atoms with Gasteiger partial charge in [-0.25, -0.2) is 13.1 Å². The largest absolute Gasteiger partial charge is 0.326 e. The molecule has 0 atom stereocenters. The number of sulfonamides is 1. The van der Waals surface area contributed by atoms with Gasteiger partial charge >= 0.3 is 0 Å². The third-order valence-corrected chi connectivity index (χ3v) is 5.71. The van der Waals surface area contributed by atoms with Crippen LogP contribution in [0.25, 0.3) is 0 Å². The van der Waals surface area contributed by atoms with Crippen molar-refractivity contribution in [3.8, 4) is 0 Å². The van der Waals surface area contributed by atoms with Gasteiger partial charge in [-0.3, -0.25) is 0 Å². The predicted octanol–water partition coefficient (Wildman–Crippen LogP) is 1.99. The maximum atomic E-state index is 12.1. The highest BCUT2D eigenvalue weighted by molar-refractivity contribution is 9.10. The molecule has 100 valence electrons. The van der Waals surface area contributed by atoms with Crippen LogP contribution in [0.2, 0.25) is 0 Å². The summed E-state index contributed by atoms with van der Waals surface area (Å²) in [7, 11) is -3.42. The molecule has 0 radical (unpaired) electrons. The Balaban J connectivity index is 2.12. The van der Waals surface area contributed by atoms with Crippen molar-refractivity contribution in [1.29, 1.82) is 0 Å². The van der Waals surface area contributed by atoms with Gasteiger partial charge in [-0.2, -0.15) is 0 Å². The summed E-state index contributed by atoms with van der Waals surface area (Å²) in [4.78, 5) is 0.277. The smallest absolute Gasteiger partial charge is 0.241 e. The lowest BCUT2D eigenvalue weighted by molar-refractivity contribution is 0.316. The molecule has 3 N–H and O–H groups in total. The molecule has 1 saturated carbocycles. The highest BCUT2D eigenvalue weighted by atomic mass is 79.9. The van der Waals surface area contributed by atoms with Crippen molar-refractivity contribution in [1.82, 2.24) is 4.72 Å². The first-order chi connectivity index (χ1) is 8.53. The maximum Gasteiger partial charge on any atom is 0.241 e. The van der Waals surface area contributed by atoms with Gasteiger partial charge in [0.1, 0.15) is 0 Å². The van der Waals surface area contributed by atoms with Crippen molar-refractivity contribution in [3.63, 3.8) is 0 Å². The van der Waals surface area contributed by atoms with Gasteiger partial charge in [0, 0.05) is 17.6 Å². The Morgan fingerprint density at radius 2 is 2.11 bits per heavy atom. The van der Waals surface area contributed by atoms with E-state index >= 15 is 0 Å². The van der Waals surface area contributed by atoms with E-state index in [4.69, 9.17) is 5.73 Å². The number of nitrogens with two attached hydrogens (primary N) is 1. The Kier molecular flexibility index (Phi) is 4.42. The Bertz CT molecular complexity index is 527. The summed E-state index contributed by atoms with van der Waals surface area (Å²) in [6, 6.07) is 5.08. The molecule has 0 unspecified atom stereocenters. The van der Waals surface area contributed by atoms with E-state index in [2.05, 4.69) is 20.7 Å². The fourth-order valence-electron chi connectivity index (χ4n) is 1.89. The van der Waals surface area contributed by atoms with Crippen molar-refractivity contribution in [2.45, 2.75) is 30.7 Å². The molecule has 18 heavy (non-hydrogen) atoms. The first-order valence-corrected chi connectivity index (χ1v) is 8.28. The van der Waals surface area contributed by atoms with Gasteiger partial charge in [0.15, 0.2) is 0 Å². The zero-order valence-electron chi connectivity index (χ0n) is 10.0. The van der Waals surface area contributed by atoms with Crippen LogP contribution in [0.1, 0.15) is 24.8 Å². The third kappa shape index (κ3) is 3.12. The van der Waals surface area contributed by atoms with Crippen LogP contribution in [0.4, 0.5) is 0 Å². The normalized spacial score (nSPS) is 16.6. The summed E-state index contributed by atoms with van der Waals surface area (Å²) in [6.45, 7) is 0.932. The number of halogens is 1. The van der Waals surface area contributed by atoms with Gasteiger partial charge in [0.2, 0.25) is 10.0 Å². The summed E-state index contributed by atoms with van der Waals surface area (Å²) in [5.41, 5.74) is 6.42. The van der Waals surface area contributed by atoms with Crippen molar-refractivity contribution >= 4 is 26.0 Å². The highest BCUT2D eigenvalue weighted by Gasteiger charge is 2.22. The number of hydrogen-bond donors (Lipinski definition) is 2. The van der Waals surface area contributed by atoms with Crippen molar-refractivity contribution in [3.05, 3.63) is 28.2 Å². The minimum absolute atomic E-state index is 0.277. The maximum absolute atomic E-state index is 12.1. The predicted molar refractivity (Wildman–Crippen MR) is 74.6 cm³/mol. The monoisotopic (exact) mass is 332 g/mol. The Hall–Kier alpha value is -0.430. The number of hydrogen-bond acceptors (Lipinski definition) is 3. The lowest BCUT2D eigenvalue weighted by Crippen LogP contribution is -2.32. The van der Waals surface area contributed by atoms with E-state index in [1.807, 2.05) is 0 Å². The van der Waals surface area contributed by atoms with Crippen LogP contribution >= 0.6 is 15.9 Å². The molecule has 1 fully saturated rings. The van der Waals surface area contributed by atoms with Crippen molar-refractivity contribution in [2.75, 3.05) is 6.54 Å². The molecular formula is C12H17BrN2O2S. The van der Waals surface area contributed by atoms with Gasteiger partial charge in [-0.15, -0.1) is 0 Å². The standard InChI is InChI=1S/C12H17BrN2O2S/c13-11-6-10(7-14)4-5-12(11)18(16,17)15-8-9-2-1-3-9/h4-6,9,15H,1-3,7-8,14H2. The van der Waals surface area contributed by atoms with Gasteiger partial charge in [-0.1, -0.05) is 12.5 Å². The Morgan fingerprint density at radius 3 is 2.61 bits per heavy atom. The van der Waals surface area contributed by atoms with Crippen molar-refractivity contribution < 1.29 is 8.42 Å². The minimum Gasteiger partial charge on any atom is -0.326 e. The molecule has 6 heteroatoms. The second kappa shape index (κ2) is 5.69. The fourth-order valence-corrected chi connectivity index (χ4v) is 4.13. The molecular weight excluding hydrogens is 316 g/mol. The molecule has 0 amide bonds. The molecule has 0 saturated heterocycles. The van der Waals surface area contributed by atoms with E-state index in [-0.39, 0.29) is 4.90 Å². The van der Waals surface area contributed by atoms with E-state index < -0.39 is 10.0 Å². The molecule has 2 rings (SSSR count). The van der Waals surface area contributed by atoms with Crippen LogP contribution in [0.3, 0.4) is 0 Å². The number of nitrogens with one attached hydrogen (secondary N) is 1. The van der Waals surface area contributed by atoms with Crippen molar-refractivity contribution in [2.24, 2.45) is 11.7 Å². The molecule has 0 spiro atoms. The molecule has 1 aliphatic rings. The molecule has 1 aromatic carbocycles. The second-order valence-corrected chi connectivity index (χ2v) is 7.21. The SMILES string of the molecule is NCc1ccc(S(=O)(=O)NCC2CCC2)c(Br)c1. The van der Waals surface area contributed by atoms with Gasteiger partial charge in [-0.05, 0) is 52.4 Å². The first-order valence-electron chi connectivity index (χ1n) is 6.01.